The van der Waals surface area contributed by atoms with Crippen molar-refractivity contribution in [3.8, 4) is 0 Å². The number of amidine groups is 1. The zero-order chi connectivity index (χ0) is 21.8. The Balaban J connectivity index is 1.46. The normalized spacial score (nSPS) is 35.2. The first-order valence-electron chi connectivity index (χ1n) is 11.6. The van der Waals surface area contributed by atoms with Crippen molar-refractivity contribution in [1.29, 1.82) is 0 Å². The minimum Gasteiger partial charge on any atom is -0.330 e. The lowest BCUT2D eigenvalue weighted by Crippen LogP contribution is -2.52. The fourth-order valence-corrected chi connectivity index (χ4v) is 8.67. The molecule has 0 radical (unpaired) electrons. The zero-order valence-corrected chi connectivity index (χ0v) is 20.6. The molecular weight excluding hydrogens is 449 g/mol. The molecule has 1 aliphatic heterocycles. The van der Waals surface area contributed by atoms with Crippen LogP contribution in [0.25, 0.3) is 0 Å². The maximum absolute atomic E-state index is 12.8. The van der Waals surface area contributed by atoms with E-state index < -0.39 is 0 Å². The van der Waals surface area contributed by atoms with Crippen molar-refractivity contribution in [3.63, 3.8) is 0 Å². The van der Waals surface area contributed by atoms with Crippen molar-refractivity contribution in [2.75, 3.05) is 17.2 Å². The van der Waals surface area contributed by atoms with Gasteiger partial charge in [0.1, 0.15) is 6.17 Å². The van der Waals surface area contributed by atoms with Crippen molar-refractivity contribution >= 4 is 51.7 Å². The van der Waals surface area contributed by atoms with E-state index in [0.29, 0.717) is 10.0 Å². The summed E-state index contributed by atoms with van der Waals surface area (Å²) < 4.78 is 0. The summed E-state index contributed by atoms with van der Waals surface area (Å²) in [6.45, 7) is 4.70. The summed E-state index contributed by atoms with van der Waals surface area (Å²) in [5.41, 5.74) is 0.894. The van der Waals surface area contributed by atoms with Crippen LogP contribution in [0.5, 0.6) is 0 Å². The Kier molecular flexibility index (Phi) is 5.98. The average molecular weight is 481 g/mol. The zero-order valence-electron chi connectivity index (χ0n) is 18.3. The number of aliphatic imine (C=N–C) groups is 1. The van der Waals surface area contributed by atoms with E-state index in [2.05, 4.69) is 11.8 Å². The van der Waals surface area contributed by atoms with Crippen LogP contribution in [0.1, 0.15) is 58.8 Å². The Hall–Kier alpha value is -0.910. The monoisotopic (exact) mass is 479 g/mol. The topological polar surface area (TPSA) is 35.9 Å². The highest BCUT2D eigenvalue weighted by molar-refractivity contribution is 8.14. The number of hydrogen-bond donors (Lipinski definition) is 0. The Morgan fingerprint density at radius 2 is 1.71 bits per heavy atom. The Bertz CT molecular complexity index is 849. The van der Waals surface area contributed by atoms with E-state index in [0.717, 1.165) is 47.3 Å². The molecule has 4 aliphatic carbocycles. The van der Waals surface area contributed by atoms with Gasteiger partial charge in [-0.25, -0.2) is 0 Å². The predicted molar refractivity (Wildman–Crippen MR) is 131 cm³/mol. The molecule has 1 aromatic rings. The molecule has 0 spiro atoms. The van der Waals surface area contributed by atoms with E-state index in [-0.39, 0.29) is 17.6 Å². The van der Waals surface area contributed by atoms with Gasteiger partial charge in [0.25, 0.3) is 0 Å². The van der Waals surface area contributed by atoms with Crippen molar-refractivity contribution in [3.05, 3.63) is 28.2 Å². The maximum atomic E-state index is 12.8. The summed E-state index contributed by atoms with van der Waals surface area (Å²) in [6, 6.07) is 5.37. The number of carbonyl (C=O) groups excluding carboxylic acids is 1. The number of carbonyl (C=O) groups is 1. The van der Waals surface area contributed by atoms with Crippen LogP contribution in [0, 0.1) is 17.8 Å². The second-order valence-corrected chi connectivity index (χ2v) is 11.9. The van der Waals surface area contributed by atoms with E-state index in [1.807, 2.05) is 28.8 Å². The quantitative estimate of drug-likeness (QED) is 0.486. The van der Waals surface area contributed by atoms with Crippen LogP contribution in [0.2, 0.25) is 10.0 Å². The van der Waals surface area contributed by atoms with Crippen LogP contribution in [0.3, 0.4) is 0 Å². The van der Waals surface area contributed by atoms with Crippen molar-refractivity contribution in [2.24, 2.45) is 22.7 Å². The summed E-state index contributed by atoms with van der Waals surface area (Å²) in [4.78, 5) is 22.5. The highest BCUT2D eigenvalue weighted by Crippen LogP contribution is 2.57. The molecule has 1 atom stereocenters. The lowest BCUT2D eigenvalue weighted by atomic mass is 9.53. The number of hydrogen-bond acceptors (Lipinski definition) is 3. The lowest BCUT2D eigenvalue weighted by molar-refractivity contribution is -0.117. The minimum absolute atomic E-state index is 0.00101. The number of thioether (sulfide) groups is 1. The van der Waals surface area contributed by atoms with Gasteiger partial charge in [0.05, 0.1) is 5.54 Å². The first-order chi connectivity index (χ1) is 14.9. The number of benzene rings is 1. The van der Waals surface area contributed by atoms with Crippen LogP contribution < -0.4 is 4.90 Å². The molecule has 5 aliphatic rings. The van der Waals surface area contributed by atoms with Gasteiger partial charge in [0.15, 0.2) is 5.17 Å². The molecule has 168 valence electrons. The number of rotatable bonds is 5. The number of amides is 1. The number of nitrogens with zero attached hydrogens (tertiary/aromatic N) is 3. The van der Waals surface area contributed by atoms with Crippen molar-refractivity contribution in [2.45, 2.75) is 70.5 Å². The van der Waals surface area contributed by atoms with Gasteiger partial charge in [-0.1, -0.05) is 41.9 Å². The smallest absolute Gasteiger partial charge is 0.225 e. The summed E-state index contributed by atoms with van der Waals surface area (Å²) in [5.74, 6) is 3.44. The largest absolute Gasteiger partial charge is 0.330 e. The highest BCUT2D eigenvalue weighted by Gasteiger charge is 2.52. The predicted octanol–water partition coefficient (Wildman–Crippen LogP) is 6.46. The number of anilines is 1. The fourth-order valence-electron chi connectivity index (χ4n) is 6.89. The molecule has 1 heterocycles. The average Bonchev–Trinajstić information content (AvgIpc) is 3.01. The third kappa shape index (κ3) is 4.22. The molecule has 4 bridgehead atoms. The summed E-state index contributed by atoms with van der Waals surface area (Å²) >= 11 is 14.4. The van der Waals surface area contributed by atoms with Gasteiger partial charge < -0.3 is 4.90 Å². The van der Waals surface area contributed by atoms with Gasteiger partial charge in [-0.3, -0.25) is 14.7 Å². The Labute approximate surface area is 199 Å². The van der Waals surface area contributed by atoms with Gasteiger partial charge in [0.2, 0.25) is 5.91 Å². The molecule has 5 fully saturated rings. The molecule has 1 unspecified atom stereocenters. The Morgan fingerprint density at radius 3 is 2.23 bits per heavy atom. The van der Waals surface area contributed by atoms with Gasteiger partial charge in [-0.05, 0) is 80.9 Å². The van der Waals surface area contributed by atoms with E-state index in [1.54, 1.807) is 13.0 Å². The van der Waals surface area contributed by atoms with Crippen LogP contribution in [0.15, 0.2) is 23.2 Å². The number of halogens is 2. The van der Waals surface area contributed by atoms with Crippen molar-refractivity contribution < 1.29 is 4.79 Å². The highest BCUT2D eigenvalue weighted by atomic mass is 35.5. The first-order valence-corrected chi connectivity index (χ1v) is 13.3. The molecule has 4 saturated carbocycles. The summed E-state index contributed by atoms with van der Waals surface area (Å²) in [5, 5.41) is 2.22. The molecule has 0 aromatic heterocycles. The molecule has 7 heteroatoms. The molecule has 4 nitrogen and oxygen atoms in total. The fraction of sp³-hybridized carbons (Fsp3) is 0.667. The second kappa shape index (κ2) is 8.46. The third-order valence-corrected chi connectivity index (χ3v) is 9.02. The van der Waals surface area contributed by atoms with Gasteiger partial charge in [-0.15, -0.1) is 0 Å². The molecule has 1 aromatic carbocycles. The van der Waals surface area contributed by atoms with Crippen LogP contribution in [-0.4, -0.2) is 40.0 Å². The Morgan fingerprint density at radius 1 is 1.13 bits per heavy atom. The van der Waals surface area contributed by atoms with Gasteiger partial charge in [-0.2, -0.15) is 0 Å². The summed E-state index contributed by atoms with van der Waals surface area (Å²) in [7, 11) is 0. The van der Waals surface area contributed by atoms with E-state index in [1.165, 1.54) is 38.5 Å². The minimum atomic E-state index is -0.0651. The van der Waals surface area contributed by atoms with E-state index in [4.69, 9.17) is 28.2 Å². The van der Waals surface area contributed by atoms with E-state index >= 15 is 0 Å². The van der Waals surface area contributed by atoms with Crippen molar-refractivity contribution in [1.82, 2.24) is 4.90 Å². The standard InChI is InChI=1S/C24H31Cl2N3OS/c1-3-4-28-22(29(15(2)30)21-9-19(25)8-20(26)10-21)14-31-23(28)27-24-11-16-5-17(12-24)7-18(6-16)13-24/h8-10,16-18,22H,3-7,11-14H2,1-2H3. The molecule has 0 N–H and O–H groups in total. The molecule has 1 saturated heterocycles. The van der Waals surface area contributed by atoms with Gasteiger partial charge >= 0.3 is 0 Å². The first kappa shape index (κ1) is 21.9. The second-order valence-electron chi connectivity index (χ2n) is 10.0. The molecule has 1 amide bonds. The summed E-state index contributed by atoms with van der Waals surface area (Å²) in [6.07, 6.45) is 8.99. The maximum Gasteiger partial charge on any atom is 0.225 e. The third-order valence-electron chi connectivity index (χ3n) is 7.53. The lowest BCUT2D eigenvalue weighted by Gasteiger charge is -2.55. The molecule has 31 heavy (non-hydrogen) atoms. The molecule has 6 rings (SSSR count). The van der Waals surface area contributed by atoms with E-state index in [9.17, 15) is 4.79 Å². The van der Waals surface area contributed by atoms with Crippen LogP contribution in [-0.2, 0) is 4.79 Å². The SMILES string of the molecule is CCCN1C(=NC23CC4CC(CC(C4)C2)C3)SCC1N(C(C)=O)c1cc(Cl)cc(Cl)c1. The van der Waals surface area contributed by atoms with Crippen LogP contribution >= 0.6 is 35.0 Å². The van der Waals surface area contributed by atoms with Crippen LogP contribution in [0.4, 0.5) is 5.69 Å². The molecular formula is C24H31Cl2N3OS. The van der Waals surface area contributed by atoms with Gasteiger partial charge in [0, 0.05) is 35.0 Å².